The van der Waals surface area contributed by atoms with Gasteiger partial charge in [0.1, 0.15) is 0 Å². The number of hydrogen-bond donors (Lipinski definition) is 1. The first-order valence-electron chi connectivity index (χ1n) is 3.78. The number of nitrogens with two attached hydrogens (primary N) is 1. The molecule has 3 atom stereocenters. The molecule has 0 unspecified atom stereocenters. The van der Waals surface area contributed by atoms with Crippen molar-refractivity contribution < 1.29 is 13.9 Å². The second-order valence-electron chi connectivity index (χ2n) is 2.76. The minimum atomic E-state index is -1.14. The minimum Gasteiger partial charge on any atom is -0.456 e. The van der Waals surface area contributed by atoms with E-state index in [1.807, 2.05) is 0 Å². The van der Waals surface area contributed by atoms with Crippen molar-refractivity contribution in [3.63, 3.8) is 0 Å². The van der Waals surface area contributed by atoms with Crippen LogP contribution in [0.3, 0.4) is 0 Å². The largest absolute Gasteiger partial charge is 0.456 e. The van der Waals surface area contributed by atoms with Gasteiger partial charge in [0.15, 0.2) is 12.3 Å². The summed E-state index contributed by atoms with van der Waals surface area (Å²) in [7, 11) is 1.49. The van der Waals surface area contributed by atoms with Gasteiger partial charge < -0.3 is 15.2 Å². The van der Waals surface area contributed by atoms with Crippen LogP contribution in [0.2, 0.25) is 0 Å². The molecule has 2 N–H and O–H groups in total. The van der Waals surface area contributed by atoms with Crippen molar-refractivity contribution in [2.24, 2.45) is 10.7 Å². The average molecular weight is 176 g/mol. The van der Waals surface area contributed by atoms with E-state index in [0.717, 1.165) is 0 Å². The van der Waals surface area contributed by atoms with Crippen LogP contribution in [-0.4, -0.2) is 38.1 Å². The zero-order chi connectivity index (χ0) is 9.14. The molecule has 0 spiro atoms. The second kappa shape index (κ2) is 3.71. The molecule has 1 heterocycles. The number of aliphatic imine (C=N–C) groups is 1. The van der Waals surface area contributed by atoms with E-state index >= 15 is 0 Å². The van der Waals surface area contributed by atoms with Gasteiger partial charge in [-0.15, -0.1) is 0 Å². The molecule has 4 nitrogen and oxygen atoms in total. The normalized spacial score (nSPS) is 35.6. The molecule has 1 rings (SSSR count). The van der Waals surface area contributed by atoms with Gasteiger partial charge in [-0.05, 0) is 6.92 Å². The van der Waals surface area contributed by atoms with Gasteiger partial charge in [-0.1, -0.05) is 0 Å². The number of ether oxygens (including phenoxy) is 2. The fraction of sp³-hybridized carbons (Fsp3) is 0.857. The highest BCUT2D eigenvalue weighted by Gasteiger charge is 2.32. The van der Waals surface area contributed by atoms with Crippen molar-refractivity contribution in [3.8, 4) is 0 Å². The van der Waals surface area contributed by atoms with Crippen molar-refractivity contribution >= 4 is 6.02 Å². The van der Waals surface area contributed by atoms with E-state index in [1.165, 1.54) is 7.11 Å². The number of rotatable bonds is 2. The number of amidine groups is 1. The summed E-state index contributed by atoms with van der Waals surface area (Å²) < 4.78 is 22.9. The standard InChI is InChI=1S/C7H13FN2O2/c1-4-6(8)5(3-11-2)12-7(9)10-4/h4-6H,3H2,1-2H3,(H2,9,10)/t4-,5+,6+/m0/s1. The van der Waals surface area contributed by atoms with Gasteiger partial charge in [-0.3, -0.25) is 0 Å². The maximum atomic E-state index is 13.2. The van der Waals surface area contributed by atoms with E-state index in [0.29, 0.717) is 0 Å². The summed E-state index contributed by atoms with van der Waals surface area (Å²) in [6, 6.07) is -0.405. The third-order valence-corrected chi connectivity index (χ3v) is 1.75. The van der Waals surface area contributed by atoms with Crippen molar-refractivity contribution in [3.05, 3.63) is 0 Å². The van der Waals surface area contributed by atoms with Crippen LogP contribution in [0.1, 0.15) is 6.92 Å². The lowest BCUT2D eigenvalue weighted by Gasteiger charge is -2.28. The summed E-state index contributed by atoms with van der Waals surface area (Å²) in [4.78, 5) is 3.74. The summed E-state index contributed by atoms with van der Waals surface area (Å²) in [5.74, 6) is 0. The fourth-order valence-electron chi connectivity index (χ4n) is 1.12. The smallest absolute Gasteiger partial charge is 0.282 e. The van der Waals surface area contributed by atoms with Crippen LogP contribution in [-0.2, 0) is 9.47 Å². The second-order valence-corrected chi connectivity index (χ2v) is 2.76. The molecule has 0 saturated carbocycles. The molecule has 0 aromatic rings. The number of nitrogens with zero attached hydrogens (tertiary/aromatic N) is 1. The van der Waals surface area contributed by atoms with Crippen molar-refractivity contribution in [1.82, 2.24) is 0 Å². The van der Waals surface area contributed by atoms with Crippen LogP contribution in [0.4, 0.5) is 4.39 Å². The molecular formula is C7H13FN2O2. The van der Waals surface area contributed by atoms with E-state index in [2.05, 4.69) is 4.99 Å². The Labute approximate surface area is 70.6 Å². The molecule has 0 fully saturated rings. The maximum absolute atomic E-state index is 13.2. The summed E-state index contributed by atoms with van der Waals surface area (Å²) in [6.07, 6.45) is -1.76. The van der Waals surface area contributed by atoms with Crippen LogP contribution in [0, 0.1) is 0 Å². The average Bonchev–Trinajstić information content (AvgIpc) is 2.00. The predicted molar refractivity (Wildman–Crippen MR) is 42.7 cm³/mol. The molecule has 0 aromatic heterocycles. The minimum absolute atomic E-state index is 0.0402. The zero-order valence-corrected chi connectivity index (χ0v) is 7.16. The Kier molecular flexibility index (Phi) is 2.86. The van der Waals surface area contributed by atoms with Crippen molar-refractivity contribution in [1.29, 1.82) is 0 Å². The van der Waals surface area contributed by atoms with E-state index < -0.39 is 18.3 Å². The highest BCUT2D eigenvalue weighted by atomic mass is 19.1. The molecule has 70 valence electrons. The summed E-state index contributed by atoms with van der Waals surface area (Å²) in [5, 5.41) is 0. The van der Waals surface area contributed by atoms with Gasteiger partial charge in [0.05, 0.1) is 12.6 Å². The van der Waals surface area contributed by atoms with Gasteiger partial charge in [0, 0.05) is 7.11 Å². The first kappa shape index (κ1) is 9.25. The number of alkyl halides is 1. The predicted octanol–water partition coefficient (Wildman–Crippen LogP) is 0.0729. The molecular weight excluding hydrogens is 163 g/mol. The maximum Gasteiger partial charge on any atom is 0.282 e. The molecule has 0 saturated heterocycles. The summed E-state index contributed by atoms with van der Waals surface area (Å²) in [6.45, 7) is 1.85. The van der Waals surface area contributed by atoms with Gasteiger partial charge >= 0.3 is 0 Å². The SMILES string of the molecule is COC[C@H]1OC(N)=N[C@@H](C)[C@H]1F. The van der Waals surface area contributed by atoms with Crippen molar-refractivity contribution in [2.75, 3.05) is 13.7 Å². The van der Waals surface area contributed by atoms with E-state index in [4.69, 9.17) is 15.2 Å². The van der Waals surface area contributed by atoms with Crippen LogP contribution in [0.25, 0.3) is 0 Å². The monoisotopic (exact) mass is 176 g/mol. The van der Waals surface area contributed by atoms with Gasteiger partial charge in [-0.2, -0.15) is 0 Å². The van der Waals surface area contributed by atoms with Crippen LogP contribution >= 0.6 is 0 Å². The number of hydrogen-bond acceptors (Lipinski definition) is 4. The Balaban J connectivity index is 2.60. The molecule has 0 bridgehead atoms. The highest BCUT2D eigenvalue weighted by molar-refractivity contribution is 5.72. The molecule has 12 heavy (non-hydrogen) atoms. The Morgan fingerprint density at radius 3 is 3.00 bits per heavy atom. The van der Waals surface area contributed by atoms with Gasteiger partial charge in [0.2, 0.25) is 0 Å². The fourth-order valence-corrected chi connectivity index (χ4v) is 1.12. The quantitative estimate of drug-likeness (QED) is 0.648. The number of methoxy groups -OCH3 is 1. The Bertz CT molecular complexity index is 186. The van der Waals surface area contributed by atoms with E-state index in [1.54, 1.807) is 6.92 Å². The summed E-state index contributed by atoms with van der Waals surface area (Å²) in [5.41, 5.74) is 5.31. The van der Waals surface area contributed by atoms with Gasteiger partial charge in [-0.25, -0.2) is 9.38 Å². The lowest BCUT2D eigenvalue weighted by Crippen LogP contribution is -2.44. The van der Waals surface area contributed by atoms with E-state index in [-0.39, 0.29) is 12.6 Å². The Morgan fingerprint density at radius 2 is 2.42 bits per heavy atom. The molecule has 0 amide bonds. The van der Waals surface area contributed by atoms with Crippen LogP contribution in [0.15, 0.2) is 4.99 Å². The third kappa shape index (κ3) is 1.85. The molecule has 0 aliphatic carbocycles. The highest BCUT2D eigenvalue weighted by Crippen LogP contribution is 2.16. The first-order valence-corrected chi connectivity index (χ1v) is 3.78. The molecule has 0 aromatic carbocycles. The topological polar surface area (TPSA) is 56.8 Å². The molecule has 1 aliphatic heterocycles. The lowest BCUT2D eigenvalue weighted by atomic mass is 10.1. The molecule has 5 heteroatoms. The van der Waals surface area contributed by atoms with Crippen molar-refractivity contribution in [2.45, 2.75) is 25.2 Å². The van der Waals surface area contributed by atoms with Crippen LogP contribution < -0.4 is 5.73 Å². The Hall–Kier alpha value is -0.840. The Morgan fingerprint density at radius 1 is 1.75 bits per heavy atom. The number of halogens is 1. The first-order chi connectivity index (χ1) is 5.65. The molecule has 1 aliphatic rings. The third-order valence-electron chi connectivity index (χ3n) is 1.75. The van der Waals surface area contributed by atoms with Crippen LogP contribution in [0.5, 0.6) is 0 Å². The molecule has 0 radical (unpaired) electrons. The van der Waals surface area contributed by atoms with E-state index in [9.17, 15) is 4.39 Å². The summed E-state index contributed by atoms with van der Waals surface area (Å²) >= 11 is 0. The zero-order valence-electron chi connectivity index (χ0n) is 7.16. The van der Waals surface area contributed by atoms with Gasteiger partial charge in [0.25, 0.3) is 6.02 Å². The lowest BCUT2D eigenvalue weighted by molar-refractivity contribution is -0.0000717.